The van der Waals surface area contributed by atoms with Gasteiger partial charge in [-0.2, -0.15) is 8.42 Å². The molecule has 0 aromatic rings. The van der Waals surface area contributed by atoms with Crippen LogP contribution in [0.1, 0.15) is 293 Å². The number of hydrogen-bond acceptors (Lipinski definition) is 16. The molecule has 0 unspecified atom stereocenters. The van der Waals surface area contributed by atoms with Crippen LogP contribution in [0.25, 0.3) is 0 Å². The molecule has 2 fully saturated rings. The summed E-state index contributed by atoms with van der Waals surface area (Å²) in [5, 5.41) is 64.4. The third-order valence-corrected chi connectivity index (χ3v) is 18.2. The molecule has 0 radical (unpaired) electrons. The predicted octanol–water partition coefficient (Wildman–Crippen LogP) is 13.2. The molecule has 0 bridgehead atoms. The lowest BCUT2D eigenvalue weighted by atomic mass is 9.81. The van der Waals surface area contributed by atoms with Crippen LogP contribution in [0.3, 0.4) is 0 Å². The zero-order valence-electron chi connectivity index (χ0n) is 54.0. The van der Waals surface area contributed by atoms with E-state index in [0.717, 1.165) is 70.6 Å². The first-order valence-electron chi connectivity index (χ1n) is 34.1. The van der Waals surface area contributed by atoms with E-state index in [-0.39, 0.29) is 24.4 Å². The SMILES string of the molecule is CCCCCCCCCCCCCCCCCC(=O)O[C@@H]1[C@H](O[C@H]2O[C@H](CO)[C@@H](O)[C@H](O)[C@H]2OS(=O)(=O)O)O[C@@H](CO)[C@H](O)[C@H]1OC(=O)[C@H](C)C[C@@H](C)C[C@@H](C)C[C@@H](C)C[C@@H](C)C[C@@H](C)[C@@H](O)CCCCCCCCCCCCCCCCC. The first kappa shape index (κ1) is 78.5. The summed E-state index contributed by atoms with van der Waals surface area (Å²) in [5.41, 5.74) is 0. The Morgan fingerprint density at radius 1 is 0.464 bits per heavy atom. The number of rotatable bonds is 52. The molecule has 18 heteroatoms. The van der Waals surface area contributed by atoms with E-state index >= 15 is 0 Å². The molecule has 2 rings (SSSR count). The maximum atomic E-state index is 14.1. The van der Waals surface area contributed by atoms with Crippen molar-refractivity contribution in [2.75, 3.05) is 13.2 Å². The van der Waals surface area contributed by atoms with E-state index in [0.29, 0.717) is 30.6 Å². The van der Waals surface area contributed by atoms with E-state index in [1.165, 1.54) is 148 Å². The number of aliphatic hydroxyl groups is 6. The number of unbranched alkanes of at least 4 members (excludes halogenated alkanes) is 28. The van der Waals surface area contributed by atoms with Gasteiger partial charge in [0.05, 0.1) is 25.2 Å². The van der Waals surface area contributed by atoms with Crippen molar-refractivity contribution in [3.63, 3.8) is 0 Å². The molecule has 0 saturated carbocycles. The van der Waals surface area contributed by atoms with Gasteiger partial charge in [-0.05, 0) is 74.5 Å². The highest BCUT2D eigenvalue weighted by molar-refractivity contribution is 7.80. The first-order chi connectivity index (χ1) is 40.1. The summed E-state index contributed by atoms with van der Waals surface area (Å²) in [6.07, 6.45) is 23.3. The summed E-state index contributed by atoms with van der Waals surface area (Å²) in [6, 6.07) is 0. The van der Waals surface area contributed by atoms with Gasteiger partial charge in [0.1, 0.15) is 30.5 Å². The summed E-state index contributed by atoms with van der Waals surface area (Å²) >= 11 is 0. The fourth-order valence-electron chi connectivity index (χ4n) is 13.0. The quantitative estimate of drug-likeness (QED) is 0.0170. The lowest BCUT2D eigenvalue weighted by molar-refractivity contribution is -0.374. The Bertz CT molecular complexity index is 1740. The Hall–Kier alpha value is -1.55. The molecular weight excluding hydrogens is 1100 g/mol. The van der Waals surface area contributed by atoms with E-state index in [1.807, 2.05) is 0 Å². The van der Waals surface area contributed by atoms with Crippen molar-refractivity contribution in [2.24, 2.45) is 35.5 Å². The molecule has 2 aliphatic rings. The second-order valence-corrected chi connectivity index (χ2v) is 27.4. The van der Waals surface area contributed by atoms with Crippen LogP contribution in [-0.2, 0) is 47.9 Å². The number of carbonyl (C=O) groups excluding carboxylic acids is 2. The number of aliphatic hydroxyl groups excluding tert-OH is 6. The van der Waals surface area contributed by atoms with Crippen LogP contribution in [-0.4, -0.2) is 136 Å². The van der Waals surface area contributed by atoms with E-state index < -0.39 is 103 Å². The molecule has 2 heterocycles. The number of carbonyl (C=O) groups is 2. The van der Waals surface area contributed by atoms with Crippen LogP contribution < -0.4 is 0 Å². The normalized spacial score (nSPS) is 25.6. The Morgan fingerprint density at radius 3 is 1.25 bits per heavy atom. The van der Waals surface area contributed by atoms with Gasteiger partial charge in [0.2, 0.25) is 6.29 Å². The molecule has 0 amide bonds. The van der Waals surface area contributed by atoms with Gasteiger partial charge in [0.25, 0.3) is 0 Å². The minimum absolute atomic E-state index is 0.0565. The van der Waals surface area contributed by atoms with Crippen molar-refractivity contribution in [3.05, 3.63) is 0 Å². The summed E-state index contributed by atoms with van der Waals surface area (Å²) in [4.78, 5) is 27.7. The third-order valence-electron chi connectivity index (χ3n) is 17.7. The van der Waals surface area contributed by atoms with Crippen molar-refractivity contribution < 1.29 is 81.1 Å². The topological polar surface area (TPSA) is 265 Å². The van der Waals surface area contributed by atoms with Gasteiger partial charge in [0.15, 0.2) is 24.6 Å². The summed E-state index contributed by atoms with van der Waals surface area (Å²) in [6.45, 7) is 15.5. The van der Waals surface area contributed by atoms with Gasteiger partial charge in [-0.15, -0.1) is 0 Å². The van der Waals surface area contributed by atoms with Crippen molar-refractivity contribution in [3.8, 4) is 0 Å². The average molecular weight is 1220 g/mol. The highest BCUT2D eigenvalue weighted by atomic mass is 32.3. The average Bonchev–Trinajstić information content (AvgIpc) is 1.67. The lowest BCUT2D eigenvalue weighted by Gasteiger charge is -2.46. The molecule has 0 aromatic heterocycles. The van der Waals surface area contributed by atoms with Crippen molar-refractivity contribution in [1.82, 2.24) is 0 Å². The lowest BCUT2D eigenvalue weighted by Crippen LogP contribution is -2.65. The summed E-state index contributed by atoms with van der Waals surface area (Å²) in [5.74, 6) is -0.545. The Kier molecular flexibility index (Phi) is 43.5. The van der Waals surface area contributed by atoms with E-state index in [2.05, 4.69) is 52.6 Å². The third kappa shape index (κ3) is 34.4. The van der Waals surface area contributed by atoms with Crippen LogP contribution in [0.2, 0.25) is 0 Å². The minimum Gasteiger partial charge on any atom is -0.455 e. The molecule has 2 saturated heterocycles. The monoisotopic (exact) mass is 1220 g/mol. The molecular formula is C66H126O17S. The molecule has 0 aliphatic carbocycles. The molecule has 2 aliphatic heterocycles. The summed E-state index contributed by atoms with van der Waals surface area (Å²) in [7, 11) is -5.32. The Labute approximate surface area is 510 Å². The van der Waals surface area contributed by atoms with Crippen LogP contribution in [0, 0.1) is 35.5 Å². The number of esters is 2. The molecule has 84 heavy (non-hydrogen) atoms. The molecule has 17 atom stereocenters. The van der Waals surface area contributed by atoms with Gasteiger partial charge in [-0.3, -0.25) is 14.1 Å². The maximum absolute atomic E-state index is 14.1. The van der Waals surface area contributed by atoms with E-state index in [4.69, 9.17) is 23.7 Å². The van der Waals surface area contributed by atoms with Gasteiger partial charge >= 0.3 is 22.3 Å². The molecule has 0 aromatic carbocycles. The highest BCUT2D eigenvalue weighted by Gasteiger charge is 2.55. The van der Waals surface area contributed by atoms with Gasteiger partial charge < -0.3 is 54.3 Å². The molecule has 498 valence electrons. The Morgan fingerprint density at radius 2 is 0.833 bits per heavy atom. The van der Waals surface area contributed by atoms with Crippen molar-refractivity contribution in [1.29, 1.82) is 0 Å². The van der Waals surface area contributed by atoms with Crippen LogP contribution in [0.4, 0.5) is 0 Å². The van der Waals surface area contributed by atoms with Gasteiger partial charge in [-0.25, -0.2) is 4.18 Å². The number of hydrogen-bond donors (Lipinski definition) is 7. The van der Waals surface area contributed by atoms with Crippen LogP contribution in [0.5, 0.6) is 0 Å². The fourth-order valence-corrected chi connectivity index (χ4v) is 13.5. The van der Waals surface area contributed by atoms with Crippen LogP contribution in [0.15, 0.2) is 0 Å². The molecule has 17 nitrogen and oxygen atoms in total. The second-order valence-electron chi connectivity index (χ2n) is 26.4. The summed E-state index contributed by atoms with van der Waals surface area (Å²) < 4.78 is 67.4. The Balaban J connectivity index is 1.96. The van der Waals surface area contributed by atoms with E-state index in [9.17, 15) is 53.2 Å². The zero-order chi connectivity index (χ0) is 62.3. The molecule has 7 N–H and O–H groups in total. The van der Waals surface area contributed by atoms with Crippen molar-refractivity contribution in [2.45, 2.75) is 360 Å². The predicted molar refractivity (Wildman–Crippen MR) is 330 cm³/mol. The molecule has 0 spiro atoms. The maximum Gasteiger partial charge on any atom is 0.397 e. The zero-order valence-corrected chi connectivity index (χ0v) is 54.8. The van der Waals surface area contributed by atoms with Gasteiger partial charge in [-0.1, -0.05) is 242 Å². The van der Waals surface area contributed by atoms with Crippen LogP contribution >= 0.6 is 0 Å². The van der Waals surface area contributed by atoms with Gasteiger partial charge in [0, 0.05) is 6.42 Å². The second kappa shape index (κ2) is 46.5. The first-order valence-corrected chi connectivity index (χ1v) is 35.5. The van der Waals surface area contributed by atoms with E-state index in [1.54, 1.807) is 6.92 Å². The van der Waals surface area contributed by atoms with Crippen molar-refractivity contribution >= 4 is 22.3 Å². The number of ether oxygens (including phenoxy) is 5. The fraction of sp³-hybridized carbons (Fsp3) is 0.970. The standard InChI is InChI=1S/C66H126O17S/c1-9-11-13-15-17-19-21-23-25-27-29-31-33-35-37-39-54(69)52(7)44-50(5)42-48(3)41-49(4)43-51(6)45-53(8)64(74)81-61-59(72)56(47-68)79-66(82-65-62(83-84(75,76)77)60(73)58(71)55(46-67)78-65)63(61)80-57(70)40-38-36-34-32-30-28-26-24-22-20-18-16-14-12-10-2/h48-56,58-63,65-69,71-73H,9-47H2,1-8H3,(H,75,76,77)/t48-,49+,50-,51+,52-,53-,54+,55-,56+,58-,59+,60+,61-,62-,63+,65-,66+/m1/s1. The highest BCUT2D eigenvalue weighted by Crippen LogP contribution is 2.35. The smallest absolute Gasteiger partial charge is 0.397 e. The minimum atomic E-state index is -5.32. The largest absolute Gasteiger partial charge is 0.455 e.